The lowest BCUT2D eigenvalue weighted by Gasteiger charge is -2.28. The van der Waals surface area contributed by atoms with E-state index in [1.165, 1.54) is 0 Å². The van der Waals surface area contributed by atoms with Gasteiger partial charge in [-0.05, 0) is 37.3 Å². The van der Waals surface area contributed by atoms with Crippen LogP contribution in [0, 0.1) is 6.92 Å². The SMILES string of the molecule is Cc1cc(-c2cncc(N3CCOCC3)c2)nc(Nc2cccc(N)c2)n1. The summed E-state index contributed by atoms with van der Waals surface area (Å²) >= 11 is 0. The Hall–Kier alpha value is -3.19. The Bertz CT molecular complexity index is 939. The third kappa shape index (κ3) is 4.15. The number of rotatable bonds is 4. The summed E-state index contributed by atoms with van der Waals surface area (Å²) in [6.07, 6.45) is 3.71. The van der Waals surface area contributed by atoms with E-state index in [9.17, 15) is 0 Å². The number of morpholine rings is 1. The van der Waals surface area contributed by atoms with Gasteiger partial charge in [-0.1, -0.05) is 6.07 Å². The molecule has 4 rings (SSSR count). The van der Waals surface area contributed by atoms with Crippen LogP contribution in [0.5, 0.6) is 0 Å². The molecule has 1 fully saturated rings. The Balaban J connectivity index is 1.63. The molecule has 0 spiro atoms. The fourth-order valence-electron chi connectivity index (χ4n) is 3.08. The number of aryl methyl sites for hydroxylation is 1. The summed E-state index contributed by atoms with van der Waals surface area (Å²) in [4.78, 5) is 15.8. The van der Waals surface area contributed by atoms with E-state index in [-0.39, 0.29) is 0 Å². The van der Waals surface area contributed by atoms with Gasteiger partial charge in [0, 0.05) is 41.9 Å². The molecule has 0 unspecified atom stereocenters. The molecule has 7 heteroatoms. The number of nitrogens with one attached hydrogen (secondary N) is 1. The van der Waals surface area contributed by atoms with Gasteiger partial charge in [-0.2, -0.15) is 0 Å². The quantitative estimate of drug-likeness (QED) is 0.690. The second-order valence-corrected chi connectivity index (χ2v) is 6.50. The third-order valence-corrected chi connectivity index (χ3v) is 4.39. The topological polar surface area (TPSA) is 89.2 Å². The minimum absolute atomic E-state index is 0.535. The lowest BCUT2D eigenvalue weighted by molar-refractivity contribution is 0.122. The largest absolute Gasteiger partial charge is 0.399 e. The first-order valence-electron chi connectivity index (χ1n) is 8.94. The number of hydrogen-bond acceptors (Lipinski definition) is 7. The molecule has 7 nitrogen and oxygen atoms in total. The average molecular weight is 362 g/mol. The summed E-state index contributed by atoms with van der Waals surface area (Å²) in [5, 5.41) is 3.22. The van der Waals surface area contributed by atoms with Crippen molar-refractivity contribution in [2.75, 3.05) is 42.3 Å². The molecule has 1 aromatic carbocycles. The van der Waals surface area contributed by atoms with E-state index in [0.717, 1.165) is 54.6 Å². The van der Waals surface area contributed by atoms with E-state index in [0.29, 0.717) is 11.6 Å². The predicted octanol–water partition coefficient (Wildman–Crippen LogP) is 3.01. The molecule has 0 radical (unpaired) electrons. The van der Waals surface area contributed by atoms with Gasteiger partial charge in [0.05, 0.1) is 30.8 Å². The van der Waals surface area contributed by atoms with Gasteiger partial charge in [0.25, 0.3) is 0 Å². The molecule has 1 aliphatic rings. The Morgan fingerprint density at radius 2 is 1.93 bits per heavy atom. The molecular formula is C20H22N6O. The zero-order valence-electron chi connectivity index (χ0n) is 15.2. The minimum atomic E-state index is 0.535. The van der Waals surface area contributed by atoms with Crippen molar-refractivity contribution in [1.82, 2.24) is 15.0 Å². The number of nitrogens with two attached hydrogens (primary N) is 1. The third-order valence-electron chi connectivity index (χ3n) is 4.39. The van der Waals surface area contributed by atoms with Gasteiger partial charge in [0.1, 0.15) is 0 Å². The molecule has 0 aliphatic carbocycles. The number of aromatic nitrogens is 3. The molecule has 3 aromatic rings. The molecule has 0 amide bonds. The van der Waals surface area contributed by atoms with Crippen molar-refractivity contribution in [2.45, 2.75) is 6.92 Å². The van der Waals surface area contributed by atoms with Crippen LogP contribution in [0.3, 0.4) is 0 Å². The Kier molecular flexibility index (Phi) is 4.84. The molecule has 3 heterocycles. The van der Waals surface area contributed by atoms with E-state index in [1.54, 1.807) is 0 Å². The van der Waals surface area contributed by atoms with Crippen LogP contribution in [-0.4, -0.2) is 41.3 Å². The highest BCUT2D eigenvalue weighted by atomic mass is 16.5. The Labute approximate surface area is 158 Å². The number of anilines is 4. The maximum Gasteiger partial charge on any atom is 0.227 e. The smallest absolute Gasteiger partial charge is 0.227 e. The van der Waals surface area contributed by atoms with E-state index < -0.39 is 0 Å². The molecule has 0 saturated carbocycles. The van der Waals surface area contributed by atoms with Gasteiger partial charge in [-0.15, -0.1) is 0 Å². The number of nitrogens with zero attached hydrogens (tertiary/aromatic N) is 4. The van der Waals surface area contributed by atoms with E-state index in [1.807, 2.05) is 49.6 Å². The van der Waals surface area contributed by atoms with Crippen LogP contribution in [0.15, 0.2) is 48.8 Å². The van der Waals surface area contributed by atoms with E-state index >= 15 is 0 Å². The fourth-order valence-corrected chi connectivity index (χ4v) is 3.08. The summed E-state index contributed by atoms with van der Waals surface area (Å²) < 4.78 is 5.43. The highest BCUT2D eigenvalue weighted by molar-refractivity contribution is 5.67. The van der Waals surface area contributed by atoms with Gasteiger partial charge < -0.3 is 20.7 Å². The van der Waals surface area contributed by atoms with Crippen LogP contribution in [0.25, 0.3) is 11.3 Å². The number of nitrogen functional groups attached to an aromatic ring is 1. The molecule has 1 aliphatic heterocycles. The molecular weight excluding hydrogens is 340 g/mol. The van der Waals surface area contributed by atoms with Gasteiger partial charge in [-0.3, -0.25) is 4.98 Å². The zero-order valence-corrected chi connectivity index (χ0v) is 15.2. The lowest BCUT2D eigenvalue weighted by atomic mass is 10.1. The standard InChI is InChI=1S/C20H22N6O/c1-14-9-19(25-20(23-14)24-17-4-2-3-16(21)11-17)15-10-18(13-22-12-15)26-5-7-27-8-6-26/h2-4,9-13H,5-8,21H2,1H3,(H,23,24,25). The highest BCUT2D eigenvalue weighted by Gasteiger charge is 2.13. The molecule has 0 bridgehead atoms. The zero-order chi connectivity index (χ0) is 18.6. The molecule has 27 heavy (non-hydrogen) atoms. The van der Waals surface area contributed by atoms with Crippen LogP contribution in [0.1, 0.15) is 5.69 Å². The van der Waals surface area contributed by atoms with Crippen molar-refractivity contribution in [1.29, 1.82) is 0 Å². The van der Waals surface area contributed by atoms with Crippen LogP contribution >= 0.6 is 0 Å². The first-order chi connectivity index (χ1) is 13.2. The van der Waals surface area contributed by atoms with Crippen molar-refractivity contribution < 1.29 is 4.74 Å². The molecule has 2 aromatic heterocycles. The number of pyridine rings is 1. The van der Waals surface area contributed by atoms with Gasteiger partial charge in [0.15, 0.2) is 0 Å². The number of hydrogen-bond donors (Lipinski definition) is 2. The maximum absolute atomic E-state index is 5.85. The van der Waals surface area contributed by atoms with Crippen LogP contribution < -0.4 is 16.0 Å². The van der Waals surface area contributed by atoms with Crippen molar-refractivity contribution in [3.05, 3.63) is 54.5 Å². The summed E-state index contributed by atoms with van der Waals surface area (Å²) in [5.74, 6) is 0.535. The molecule has 0 atom stereocenters. The normalized spacial score (nSPS) is 14.2. The monoisotopic (exact) mass is 362 g/mol. The first-order valence-corrected chi connectivity index (χ1v) is 8.94. The summed E-state index contributed by atoms with van der Waals surface area (Å²) in [5.41, 5.74) is 11.1. The first kappa shape index (κ1) is 17.2. The number of ether oxygens (including phenoxy) is 1. The van der Waals surface area contributed by atoms with E-state index in [2.05, 4.69) is 31.2 Å². The molecule has 138 valence electrons. The average Bonchev–Trinajstić information content (AvgIpc) is 2.68. The van der Waals surface area contributed by atoms with Gasteiger partial charge >= 0.3 is 0 Å². The van der Waals surface area contributed by atoms with Crippen molar-refractivity contribution in [3.63, 3.8) is 0 Å². The highest BCUT2D eigenvalue weighted by Crippen LogP contribution is 2.25. The van der Waals surface area contributed by atoms with E-state index in [4.69, 9.17) is 10.5 Å². The Morgan fingerprint density at radius 1 is 1.07 bits per heavy atom. The fraction of sp³-hybridized carbons (Fsp3) is 0.250. The van der Waals surface area contributed by atoms with Crippen molar-refractivity contribution in [2.24, 2.45) is 0 Å². The molecule has 3 N–H and O–H groups in total. The second kappa shape index (κ2) is 7.59. The summed E-state index contributed by atoms with van der Waals surface area (Å²) in [6, 6.07) is 11.6. The minimum Gasteiger partial charge on any atom is -0.399 e. The van der Waals surface area contributed by atoms with Crippen LogP contribution in [0.2, 0.25) is 0 Å². The van der Waals surface area contributed by atoms with Gasteiger partial charge in [-0.25, -0.2) is 9.97 Å². The van der Waals surface area contributed by atoms with Crippen molar-refractivity contribution >= 4 is 23.0 Å². The van der Waals surface area contributed by atoms with Gasteiger partial charge in [0.2, 0.25) is 5.95 Å². The van der Waals surface area contributed by atoms with Crippen LogP contribution in [0.4, 0.5) is 23.0 Å². The maximum atomic E-state index is 5.85. The lowest BCUT2D eigenvalue weighted by Crippen LogP contribution is -2.36. The predicted molar refractivity (Wildman–Crippen MR) is 107 cm³/mol. The summed E-state index contributed by atoms with van der Waals surface area (Å²) in [7, 11) is 0. The van der Waals surface area contributed by atoms with Crippen molar-refractivity contribution in [3.8, 4) is 11.3 Å². The summed E-state index contributed by atoms with van der Waals surface area (Å²) in [6.45, 7) is 5.18. The number of benzene rings is 1. The second-order valence-electron chi connectivity index (χ2n) is 6.50. The molecule has 1 saturated heterocycles. The van der Waals surface area contributed by atoms with Crippen LogP contribution in [-0.2, 0) is 4.74 Å². The Morgan fingerprint density at radius 3 is 2.74 bits per heavy atom.